The zero-order chi connectivity index (χ0) is 19.1. The molecule has 0 aliphatic carbocycles. The molecule has 2 aromatic rings. The SMILES string of the molecule is CC(=O)Nc1c(C(F)(F)F)ccc(C(=O)c2c(C)[nH]n(C)c2=O)c1C. The number of H-pyrrole nitrogens is 1. The molecule has 0 bridgehead atoms. The molecule has 0 spiro atoms. The lowest BCUT2D eigenvalue weighted by molar-refractivity contribution is -0.137. The Hall–Kier alpha value is -2.84. The molecule has 1 aromatic heterocycles. The van der Waals surface area contributed by atoms with Crippen LogP contribution >= 0.6 is 0 Å². The second-order valence-electron chi connectivity index (χ2n) is 5.64. The van der Waals surface area contributed by atoms with E-state index in [4.69, 9.17) is 0 Å². The topological polar surface area (TPSA) is 84.0 Å². The van der Waals surface area contributed by atoms with Crippen molar-refractivity contribution in [2.45, 2.75) is 26.9 Å². The predicted octanol–water partition coefficient (Wildman–Crippen LogP) is 2.54. The lowest BCUT2D eigenvalue weighted by Gasteiger charge is -2.17. The fourth-order valence-corrected chi connectivity index (χ4v) is 2.62. The standard InChI is InChI=1S/C16H16F3N3O3/c1-7-10(14(24)12-8(2)21-22(4)15(12)25)5-6-11(16(17,18)19)13(7)20-9(3)23/h5-6,21H,1-4H3,(H,20,23). The average molecular weight is 355 g/mol. The monoisotopic (exact) mass is 355 g/mol. The van der Waals surface area contributed by atoms with Crippen LogP contribution in [0.25, 0.3) is 0 Å². The first kappa shape index (κ1) is 18.5. The fourth-order valence-electron chi connectivity index (χ4n) is 2.62. The molecular weight excluding hydrogens is 339 g/mol. The third-order valence-electron chi connectivity index (χ3n) is 3.77. The maximum Gasteiger partial charge on any atom is 0.418 e. The minimum atomic E-state index is -4.70. The molecule has 6 nitrogen and oxygen atoms in total. The lowest BCUT2D eigenvalue weighted by Crippen LogP contribution is -2.21. The van der Waals surface area contributed by atoms with E-state index < -0.39 is 34.7 Å². The number of nitrogens with zero attached hydrogens (tertiary/aromatic N) is 1. The Kier molecular flexibility index (Phi) is 4.61. The van der Waals surface area contributed by atoms with Gasteiger partial charge in [0.05, 0.1) is 11.3 Å². The molecule has 0 aliphatic rings. The molecule has 0 unspecified atom stereocenters. The van der Waals surface area contributed by atoms with Crippen molar-refractivity contribution in [2.75, 3.05) is 5.32 Å². The van der Waals surface area contributed by atoms with Gasteiger partial charge in [0.15, 0.2) is 0 Å². The van der Waals surface area contributed by atoms with Crippen LogP contribution in [0.2, 0.25) is 0 Å². The third kappa shape index (κ3) is 3.35. The number of rotatable bonds is 3. The number of halogens is 3. The molecule has 25 heavy (non-hydrogen) atoms. The van der Waals surface area contributed by atoms with E-state index >= 15 is 0 Å². The Morgan fingerprint density at radius 3 is 2.24 bits per heavy atom. The van der Waals surface area contributed by atoms with Crippen LogP contribution in [0.5, 0.6) is 0 Å². The molecule has 1 amide bonds. The second-order valence-corrected chi connectivity index (χ2v) is 5.64. The van der Waals surface area contributed by atoms with Crippen molar-refractivity contribution in [3.05, 3.63) is 50.4 Å². The van der Waals surface area contributed by atoms with Crippen molar-refractivity contribution >= 4 is 17.4 Å². The highest BCUT2D eigenvalue weighted by atomic mass is 19.4. The van der Waals surface area contributed by atoms with E-state index in [9.17, 15) is 27.6 Å². The summed E-state index contributed by atoms with van der Waals surface area (Å²) in [6, 6.07) is 1.73. The van der Waals surface area contributed by atoms with Gasteiger partial charge in [0.1, 0.15) is 5.56 Å². The van der Waals surface area contributed by atoms with E-state index in [1.807, 2.05) is 0 Å². The Morgan fingerprint density at radius 1 is 1.20 bits per heavy atom. The molecule has 2 rings (SSSR count). The summed E-state index contributed by atoms with van der Waals surface area (Å²) in [4.78, 5) is 36.0. The molecule has 0 aliphatic heterocycles. The summed E-state index contributed by atoms with van der Waals surface area (Å²) in [5.74, 6) is -1.41. The summed E-state index contributed by atoms with van der Waals surface area (Å²) >= 11 is 0. The van der Waals surface area contributed by atoms with Crippen molar-refractivity contribution in [1.82, 2.24) is 9.78 Å². The molecule has 0 saturated carbocycles. The van der Waals surface area contributed by atoms with Gasteiger partial charge in [-0.1, -0.05) is 6.07 Å². The Morgan fingerprint density at radius 2 is 1.80 bits per heavy atom. The van der Waals surface area contributed by atoms with Crippen LogP contribution in [0.4, 0.5) is 18.9 Å². The first-order chi connectivity index (χ1) is 11.4. The Bertz CT molecular complexity index is 923. The van der Waals surface area contributed by atoms with Gasteiger partial charge in [0, 0.05) is 25.2 Å². The molecule has 0 saturated heterocycles. The minimum Gasteiger partial charge on any atom is -0.325 e. The number of carbonyl (C=O) groups is 2. The van der Waals surface area contributed by atoms with Crippen molar-refractivity contribution in [2.24, 2.45) is 7.05 Å². The van der Waals surface area contributed by atoms with E-state index in [-0.39, 0.29) is 16.7 Å². The molecule has 0 fully saturated rings. The third-order valence-corrected chi connectivity index (χ3v) is 3.77. The van der Waals surface area contributed by atoms with E-state index in [1.165, 1.54) is 20.9 Å². The van der Waals surface area contributed by atoms with Gasteiger partial charge in [0.25, 0.3) is 5.56 Å². The van der Waals surface area contributed by atoms with Crippen LogP contribution < -0.4 is 10.9 Å². The summed E-state index contributed by atoms with van der Waals surface area (Å²) in [6.07, 6.45) is -4.70. The quantitative estimate of drug-likeness (QED) is 0.830. The molecule has 134 valence electrons. The number of ketones is 1. The van der Waals surface area contributed by atoms with Gasteiger partial charge in [-0.25, -0.2) is 0 Å². The molecule has 9 heteroatoms. The van der Waals surface area contributed by atoms with Crippen LogP contribution in [0.1, 0.15) is 39.7 Å². The number of benzene rings is 1. The van der Waals surface area contributed by atoms with E-state index in [1.54, 1.807) is 0 Å². The number of aromatic nitrogens is 2. The van der Waals surface area contributed by atoms with Gasteiger partial charge in [-0.15, -0.1) is 0 Å². The van der Waals surface area contributed by atoms with Crippen molar-refractivity contribution in [3.8, 4) is 0 Å². The first-order valence-corrected chi connectivity index (χ1v) is 7.23. The number of alkyl halides is 3. The first-order valence-electron chi connectivity index (χ1n) is 7.23. The van der Waals surface area contributed by atoms with Gasteiger partial charge in [0.2, 0.25) is 11.7 Å². The van der Waals surface area contributed by atoms with Crippen LogP contribution in [0.3, 0.4) is 0 Å². The number of anilines is 1. The van der Waals surface area contributed by atoms with Crippen LogP contribution in [0.15, 0.2) is 16.9 Å². The number of hydrogen-bond donors (Lipinski definition) is 2. The van der Waals surface area contributed by atoms with Crippen molar-refractivity contribution in [3.63, 3.8) is 0 Å². The number of amides is 1. The van der Waals surface area contributed by atoms with Gasteiger partial charge in [-0.05, 0) is 25.5 Å². The number of carbonyl (C=O) groups excluding carboxylic acids is 2. The maximum absolute atomic E-state index is 13.2. The summed E-state index contributed by atoms with van der Waals surface area (Å²) in [7, 11) is 1.43. The van der Waals surface area contributed by atoms with Gasteiger partial charge < -0.3 is 5.32 Å². The van der Waals surface area contributed by atoms with Gasteiger partial charge in [-0.3, -0.25) is 24.2 Å². The van der Waals surface area contributed by atoms with Gasteiger partial charge in [-0.2, -0.15) is 13.2 Å². The van der Waals surface area contributed by atoms with Gasteiger partial charge >= 0.3 is 6.18 Å². The maximum atomic E-state index is 13.2. The molecule has 2 N–H and O–H groups in total. The molecule has 0 atom stereocenters. The van der Waals surface area contributed by atoms with E-state index in [0.29, 0.717) is 5.69 Å². The Labute approximate surface area is 140 Å². The molecule has 0 radical (unpaired) electrons. The highest BCUT2D eigenvalue weighted by Gasteiger charge is 2.36. The lowest BCUT2D eigenvalue weighted by atomic mass is 9.95. The zero-order valence-corrected chi connectivity index (χ0v) is 14.0. The summed E-state index contributed by atoms with van der Waals surface area (Å²) in [5, 5.41) is 4.79. The highest BCUT2D eigenvalue weighted by Crippen LogP contribution is 2.38. The predicted molar refractivity (Wildman–Crippen MR) is 84.7 cm³/mol. The number of nitrogens with one attached hydrogen (secondary N) is 2. The average Bonchev–Trinajstić information content (AvgIpc) is 2.72. The summed E-state index contributed by atoms with van der Waals surface area (Å²) in [5.41, 5.74) is -2.12. The summed E-state index contributed by atoms with van der Waals surface area (Å²) < 4.78 is 40.6. The van der Waals surface area contributed by atoms with Crippen LogP contribution in [-0.2, 0) is 18.0 Å². The van der Waals surface area contributed by atoms with Crippen LogP contribution in [-0.4, -0.2) is 21.5 Å². The highest BCUT2D eigenvalue weighted by molar-refractivity contribution is 6.11. The molecule has 1 aromatic carbocycles. The van der Waals surface area contributed by atoms with Crippen molar-refractivity contribution in [1.29, 1.82) is 0 Å². The molecular formula is C16H16F3N3O3. The number of aromatic amines is 1. The Balaban J connectivity index is 2.69. The zero-order valence-electron chi connectivity index (χ0n) is 14.0. The number of aryl methyl sites for hydroxylation is 2. The van der Waals surface area contributed by atoms with Crippen molar-refractivity contribution < 1.29 is 22.8 Å². The largest absolute Gasteiger partial charge is 0.418 e. The van der Waals surface area contributed by atoms with E-state index in [0.717, 1.165) is 23.7 Å². The summed E-state index contributed by atoms with van der Waals surface area (Å²) in [6.45, 7) is 3.88. The molecule has 1 heterocycles. The second kappa shape index (κ2) is 6.23. The number of hydrogen-bond acceptors (Lipinski definition) is 3. The normalized spacial score (nSPS) is 11.5. The van der Waals surface area contributed by atoms with Crippen LogP contribution in [0, 0.1) is 13.8 Å². The van der Waals surface area contributed by atoms with E-state index in [2.05, 4.69) is 10.4 Å². The minimum absolute atomic E-state index is 0.0577. The fraction of sp³-hybridized carbons (Fsp3) is 0.312. The smallest absolute Gasteiger partial charge is 0.325 e.